The summed E-state index contributed by atoms with van der Waals surface area (Å²) in [6, 6.07) is 16.2. The highest BCUT2D eigenvalue weighted by Crippen LogP contribution is 2.35. The SMILES string of the molecule is C[C@@H](Sc1nnc(Cc2cccs2)n1C1CCCCC1)C(=O)Nc1ccc2c(c1)C(=O)c1ccccc1C2=O. The summed E-state index contributed by atoms with van der Waals surface area (Å²) in [6.07, 6.45) is 6.54. The van der Waals surface area contributed by atoms with Crippen LogP contribution < -0.4 is 5.32 Å². The van der Waals surface area contributed by atoms with Crippen LogP contribution in [0.4, 0.5) is 5.69 Å². The highest BCUT2D eigenvalue weighted by atomic mass is 32.2. The zero-order valence-corrected chi connectivity index (χ0v) is 23.2. The quantitative estimate of drug-likeness (QED) is 0.236. The Morgan fingerprint density at radius 1 is 0.974 bits per heavy atom. The number of carbonyl (C=O) groups is 3. The van der Waals surface area contributed by atoms with Crippen LogP contribution in [-0.2, 0) is 11.2 Å². The zero-order valence-electron chi connectivity index (χ0n) is 21.6. The van der Waals surface area contributed by atoms with Crippen molar-refractivity contribution in [1.82, 2.24) is 14.8 Å². The molecule has 1 fully saturated rings. The molecule has 4 aromatic rings. The van der Waals surface area contributed by atoms with Crippen molar-refractivity contribution in [3.8, 4) is 0 Å². The van der Waals surface area contributed by atoms with Crippen LogP contribution in [0.1, 0.15) is 87.6 Å². The summed E-state index contributed by atoms with van der Waals surface area (Å²) in [4.78, 5) is 40.5. The van der Waals surface area contributed by atoms with Gasteiger partial charge >= 0.3 is 0 Å². The first-order valence-corrected chi connectivity index (χ1v) is 15.0. The van der Waals surface area contributed by atoms with Gasteiger partial charge in [0.1, 0.15) is 5.82 Å². The molecule has 1 N–H and O–H groups in total. The van der Waals surface area contributed by atoms with Crippen LogP contribution in [0.2, 0.25) is 0 Å². The van der Waals surface area contributed by atoms with Gasteiger partial charge in [0.2, 0.25) is 5.91 Å². The largest absolute Gasteiger partial charge is 0.325 e. The molecule has 0 aliphatic heterocycles. The number of nitrogens with zero attached hydrogens (tertiary/aromatic N) is 3. The Morgan fingerprint density at radius 3 is 2.41 bits per heavy atom. The molecule has 7 nitrogen and oxygen atoms in total. The fourth-order valence-electron chi connectivity index (χ4n) is 5.42. The molecule has 1 amide bonds. The van der Waals surface area contributed by atoms with Crippen LogP contribution in [0.15, 0.2) is 65.1 Å². The first-order valence-electron chi connectivity index (χ1n) is 13.3. The third kappa shape index (κ3) is 5.08. The van der Waals surface area contributed by atoms with Crippen molar-refractivity contribution in [2.24, 2.45) is 0 Å². The number of nitrogens with one attached hydrogen (secondary N) is 1. The lowest BCUT2D eigenvalue weighted by atomic mass is 9.84. The van der Waals surface area contributed by atoms with E-state index in [0.29, 0.717) is 34.0 Å². The maximum absolute atomic E-state index is 13.2. The Morgan fingerprint density at radius 2 is 1.69 bits per heavy atom. The van der Waals surface area contributed by atoms with Crippen LogP contribution in [0.3, 0.4) is 0 Å². The number of thioether (sulfide) groups is 1. The molecule has 0 bridgehead atoms. The third-order valence-electron chi connectivity index (χ3n) is 7.43. The molecule has 1 atom stereocenters. The van der Waals surface area contributed by atoms with Gasteiger partial charge in [-0.1, -0.05) is 61.4 Å². The standard InChI is InChI=1S/C30H28N4O3S2/c1-18(39-30-33-32-26(17-21-10-7-15-38-21)34(30)20-8-3-2-4-9-20)29(37)31-19-13-14-24-25(16-19)28(36)23-12-6-5-11-22(23)27(24)35/h5-7,10-16,18,20H,2-4,8-9,17H2,1H3,(H,31,37)/t18-/m1/s1. The summed E-state index contributed by atoms with van der Waals surface area (Å²) in [5, 5.41) is 14.4. The van der Waals surface area contributed by atoms with E-state index in [0.717, 1.165) is 30.2 Å². The Hall–Kier alpha value is -3.56. The van der Waals surface area contributed by atoms with E-state index in [1.54, 1.807) is 53.8 Å². The van der Waals surface area contributed by atoms with Gasteiger partial charge in [0.15, 0.2) is 16.7 Å². The van der Waals surface area contributed by atoms with E-state index in [1.807, 2.05) is 13.0 Å². The number of benzene rings is 2. The second-order valence-electron chi connectivity index (χ2n) is 10.0. The number of ketones is 2. The average Bonchev–Trinajstić information content (AvgIpc) is 3.62. The number of fused-ring (bicyclic) bond motifs is 2. The van der Waals surface area contributed by atoms with Crippen LogP contribution in [0.25, 0.3) is 0 Å². The van der Waals surface area contributed by atoms with Crippen LogP contribution in [0, 0.1) is 0 Å². The number of rotatable bonds is 7. The smallest absolute Gasteiger partial charge is 0.237 e. The third-order valence-corrected chi connectivity index (χ3v) is 9.36. The van der Waals surface area contributed by atoms with Crippen molar-refractivity contribution in [2.45, 2.75) is 61.9 Å². The Bertz CT molecular complexity index is 1550. The summed E-state index contributed by atoms with van der Waals surface area (Å²) in [7, 11) is 0. The van der Waals surface area contributed by atoms with E-state index in [1.165, 1.54) is 35.9 Å². The van der Waals surface area contributed by atoms with Crippen LogP contribution in [-0.4, -0.2) is 37.5 Å². The minimum absolute atomic E-state index is 0.178. The van der Waals surface area contributed by atoms with Gasteiger partial charge in [0, 0.05) is 45.3 Å². The van der Waals surface area contributed by atoms with Gasteiger partial charge in [0.05, 0.1) is 5.25 Å². The second-order valence-corrected chi connectivity index (χ2v) is 12.4. The van der Waals surface area contributed by atoms with Crippen molar-refractivity contribution < 1.29 is 14.4 Å². The van der Waals surface area contributed by atoms with Crippen LogP contribution in [0.5, 0.6) is 0 Å². The maximum atomic E-state index is 13.2. The van der Waals surface area contributed by atoms with Gasteiger partial charge in [-0.2, -0.15) is 0 Å². The number of aromatic nitrogens is 3. The topological polar surface area (TPSA) is 93.9 Å². The van der Waals surface area contributed by atoms with E-state index in [2.05, 4.69) is 31.5 Å². The molecule has 198 valence electrons. The second kappa shape index (κ2) is 10.9. The molecule has 6 rings (SSSR count). The van der Waals surface area contributed by atoms with Crippen molar-refractivity contribution >= 4 is 46.3 Å². The van der Waals surface area contributed by atoms with E-state index in [4.69, 9.17) is 0 Å². The number of hydrogen-bond donors (Lipinski definition) is 1. The fourth-order valence-corrected chi connectivity index (χ4v) is 7.06. The fraction of sp³-hybridized carbons (Fsp3) is 0.300. The number of carbonyl (C=O) groups excluding carboxylic acids is 3. The molecule has 0 spiro atoms. The average molecular weight is 557 g/mol. The summed E-state index contributed by atoms with van der Waals surface area (Å²) in [5.74, 6) is 0.352. The molecule has 39 heavy (non-hydrogen) atoms. The molecule has 2 heterocycles. The van der Waals surface area contributed by atoms with Gasteiger partial charge in [-0.05, 0) is 49.4 Å². The maximum Gasteiger partial charge on any atom is 0.237 e. The molecule has 0 radical (unpaired) electrons. The van der Waals surface area contributed by atoms with E-state index in [-0.39, 0.29) is 17.5 Å². The predicted molar refractivity (Wildman–Crippen MR) is 153 cm³/mol. The van der Waals surface area contributed by atoms with E-state index < -0.39 is 5.25 Å². The van der Waals surface area contributed by atoms with Gasteiger partial charge < -0.3 is 9.88 Å². The molecule has 2 aliphatic carbocycles. The molecular formula is C30H28N4O3S2. The van der Waals surface area contributed by atoms with Crippen molar-refractivity contribution in [3.05, 3.63) is 92.9 Å². The summed E-state index contributed by atoms with van der Waals surface area (Å²) in [6.45, 7) is 1.85. The normalized spacial score (nSPS) is 16.0. The van der Waals surface area contributed by atoms with Crippen LogP contribution >= 0.6 is 23.1 Å². The van der Waals surface area contributed by atoms with Gasteiger partial charge in [0.25, 0.3) is 0 Å². The lowest BCUT2D eigenvalue weighted by Gasteiger charge is -2.26. The zero-order chi connectivity index (χ0) is 26.9. The van der Waals surface area contributed by atoms with E-state index in [9.17, 15) is 14.4 Å². The molecular weight excluding hydrogens is 528 g/mol. The number of amides is 1. The minimum Gasteiger partial charge on any atom is -0.325 e. The van der Waals surface area contributed by atoms with Gasteiger partial charge in [-0.3, -0.25) is 14.4 Å². The van der Waals surface area contributed by atoms with E-state index >= 15 is 0 Å². The lowest BCUT2D eigenvalue weighted by molar-refractivity contribution is -0.115. The van der Waals surface area contributed by atoms with Gasteiger partial charge in [-0.15, -0.1) is 21.5 Å². The molecule has 0 unspecified atom stereocenters. The first kappa shape index (κ1) is 25.7. The Balaban J connectivity index is 1.20. The first-order chi connectivity index (χ1) is 19.0. The number of anilines is 1. The Kier molecular flexibility index (Phi) is 7.18. The molecule has 1 saturated carbocycles. The molecule has 2 aromatic carbocycles. The minimum atomic E-state index is -0.444. The molecule has 9 heteroatoms. The predicted octanol–water partition coefficient (Wildman–Crippen LogP) is 6.33. The summed E-state index contributed by atoms with van der Waals surface area (Å²) in [5.41, 5.74) is 1.96. The monoisotopic (exact) mass is 556 g/mol. The lowest BCUT2D eigenvalue weighted by Crippen LogP contribution is -2.25. The Labute approximate surface area is 235 Å². The highest BCUT2D eigenvalue weighted by molar-refractivity contribution is 8.00. The van der Waals surface area contributed by atoms with Crippen molar-refractivity contribution in [2.75, 3.05) is 5.32 Å². The number of hydrogen-bond acceptors (Lipinski definition) is 7. The summed E-state index contributed by atoms with van der Waals surface area (Å²) >= 11 is 3.12. The molecule has 2 aliphatic rings. The number of thiophene rings is 1. The van der Waals surface area contributed by atoms with Gasteiger partial charge in [-0.25, -0.2) is 0 Å². The summed E-state index contributed by atoms with van der Waals surface area (Å²) < 4.78 is 2.26. The van der Waals surface area contributed by atoms with Crippen molar-refractivity contribution in [3.63, 3.8) is 0 Å². The van der Waals surface area contributed by atoms with Crippen molar-refractivity contribution in [1.29, 1.82) is 0 Å². The molecule has 2 aromatic heterocycles. The highest BCUT2D eigenvalue weighted by Gasteiger charge is 2.30. The molecule has 0 saturated heterocycles.